The summed E-state index contributed by atoms with van der Waals surface area (Å²) in [6.45, 7) is 6.17. The third-order valence-electron chi connectivity index (χ3n) is 4.03. The second kappa shape index (κ2) is 7.14. The van der Waals surface area contributed by atoms with Crippen LogP contribution in [0, 0.1) is 5.92 Å². The van der Waals surface area contributed by atoms with E-state index in [-0.39, 0.29) is 11.9 Å². The van der Waals surface area contributed by atoms with E-state index in [0.29, 0.717) is 22.4 Å². The Morgan fingerprint density at radius 1 is 1.52 bits per heavy atom. The van der Waals surface area contributed by atoms with Crippen LogP contribution in [0.4, 0.5) is 5.69 Å². The van der Waals surface area contributed by atoms with Gasteiger partial charge in [-0.15, -0.1) is 0 Å². The number of rotatable bonds is 4. The van der Waals surface area contributed by atoms with Gasteiger partial charge in [-0.05, 0) is 50.4 Å². The minimum Gasteiger partial charge on any atom is -0.495 e. The highest BCUT2D eigenvalue weighted by atomic mass is 35.5. The first-order valence-corrected chi connectivity index (χ1v) is 7.77. The topological polar surface area (TPSA) is 41.6 Å². The van der Waals surface area contributed by atoms with Gasteiger partial charge >= 0.3 is 0 Å². The van der Waals surface area contributed by atoms with E-state index >= 15 is 0 Å². The highest BCUT2D eigenvalue weighted by Crippen LogP contribution is 2.27. The van der Waals surface area contributed by atoms with E-state index in [4.69, 9.17) is 16.3 Å². The number of hydrogen-bond acceptors (Lipinski definition) is 3. The number of nitrogens with one attached hydrogen (secondary N) is 1. The molecule has 1 aliphatic heterocycles. The molecule has 1 amide bonds. The van der Waals surface area contributed by atoms with Crippen LogP contribution in [-0.2, 0) is 4.79 Å². The lowest BCUT2D eigenvalue weighted by atomic mass is 9.99. The van der Waals surface area contributed by atoms with Crippen LogP contribution in [0.1, 0.15) is 26.7 Å². The van der Waals surface area contributed by atoms with Crippen molar-refractivity contribution in [2.75, 3.05) is 25.5 Å². The predicted molar refractivity (Wildman–Crippen MR) is 86.1 cm³/mol. The Hall–Kier alpha value is -1.26. The summed E-state index contributed by atoms with van der Waals surface area (Å²) in [5, 5.41) is 3.42. The summed E-state index contributed by atoms with van der Waals surface area (Å²) in [5.41, 5.74) is 0.697. The molecule has 0 saturated carbocycles. The van der Waals surface area contributed by atoms with Crippen LogP contribution in [-0.4, -0.2) is 37.0 Å². The van der Waals surface area contributed by atoms with Crippen LogP contribution in [0.2, 0.25) is 5.02 Å². The van der Waals surface area contributed by atoms with E-state index in [0.717, 1.165) is 19.5 Å². The molecule has 1 fully saturated rings. The number of carbonyl (C=O) groups excluding carboxylic acids is 1. The monoisotopic (exact) mass is 310 g/mol. The van der Waals surface area contributed by atoms with Crippen molar-refractivity contribution in [2.45, 2.75) is 32.7 Å². The first-order chi connectivity index (χ1) is 10.0. The maximum atomic E-state index is 12.4. The van der Waals surface area contributed by atoms with Crippen molar-refractivity contribution in [3.05, 3.63) is 23.2 Å². The van der Waals surface area contributed by atoms with E-state index in [1.807, 2.05) is 6.92 Å². The Morgan fingerprint density at radius 3 is 2.90 bits per heavy atom. The molecule has 21 heavy (non-hydrogen) atoms. The van der Waals surface area contributed by atoms with Gasteiger partial charge in [0.05, 0.1) is 18.2 Å². The van der Waals surface area contributed by atoms with Gasteiger partial charge in [0.15, 0.2) is 0 Å². The number of amides is 1. The van der Waals surface area contributed by atoms with Gasteiger partial charge < -0.3 is 10.1 Å². The van der Waals surface area contributed by atoms with Crippen molar-refractivity contribution in [1.82, 2.24) is 4.90 Å². The molecule has 2 atom stereocenters. The molecule has 1 aromatic carbocycles. The minimum absolute atomic E-state index is 0.00494. The molecule has 1 saturated heterocycles. The van der Waals surface area contributed by atoms with Crippen LogP contribution >= 0.6 is 11.6 Å². The molecule has 0 aromatic heterocycles. The van der Waals surface area contributed by atoms with Crippen LogP contribution in [0.25, 0.3) is 0 Å². The number of ether oxygens (including phenoxy) is 1. The van der Waals surface area contributed by atoms with E-state index in [2.05, 4.69) is 17.1 Å². The van der Waals surface area contributed by atoms with Crippen molar-refractivity contribution in [1.29, 1.82) is 0 Å². The summed E-state index contributed by atoms with van der Waals surface area (Å²) in [6.07, 6.45) is 2.41. The summed E-state index contributed by atoms with van der Waals surface area (Å²) in [6, 6.07) is 5.14. The van der Waals surface area contributed by atoms with Gasteiger partial charge in [0.25, 0.3) is 0 Å². The van der Waals surface area contributed by atoms with Crippen molar-refractivity contribution in [3.63, 3.8) is 0 Å². The highest BCUT2D eigenvalue weighted by Gasteiger charge is 2.25. The van der Waals surface area contributed by atoms with Crippen molar-refractivity contribution < 1.29 is 9.53 Å². The molecule has 1 heterocycles. The van der Waals surface area contributed by atoms with Crippen LogP contribution in [0.5, 0.6) is 5.75 Å². The number of piperidine rings is 1. The average Bonchev–Trinajstić information content (AvgIpc) is 2.46. The molecular formula is C16H23ClN2O2. The summed E-state index contributed by atoms with van der Waals surface area (Å²) in [5.74, 6) is 1.27. The van der Waals surface area contributed by atoms with Crippen molar-refractivity contribution in [3.8, 4) is 5.75 Å². The van der Waals surface area contributed by atoms with Gasteiger partial charge in [0, 0.05) is 12.2 Å². The molecule has 0 radical (unpaired) electrons. The molecule has 1 N–H and O–H groups in total. The van der Waals surface area contributed by atoms with Gasteiger partial charge in [-0.2, -0.15) is 0 Å². The smallest absolute Gasteiger partial charge is 0.241 e. The number of nitrogens with zero attached hydrogens (tertiary/aromatic N) is 1. The van der Waals surface area contributed by atoms with Crippen LogP contribution < -0.4 is 10.1 Å². The summed E-state index contributed by atoms with van der Waals surface area (Å²) < 4.78 is 5.11. The Kier molecular flexibility index (Phi) is 5.48. The van der Waals surface area contributed by atoms with Gasteiger partial charge in [-0.25, -0.2) is 0 Å². The Morgan fingerprint density at radius 2 is 2.29 bits per heavy atom. The number of benzene rings is 1. The number of likely N-dealkylation sites (tertiary alicyclic amines) is 1. The summed E-state index contributed by atoms with van der Waals surface area (Å²) in [4.78, 5) is 14.6. The molecule has 4 nitrogen and oxygen atoms in total. The second-order valence-electron chi connectivity index (χ2n) is 5.76. The number of halogens is 1. The molecule has 2 rings (SSSR count). The number of carbonyl (C=O) groups is 1. The fourth-order valence-electron chi connectivity index (χ4n) is 2.73. The molecule has 0 bridgehead atoms. The first kappa shape index (κ1) is 16.1. The van der Waals surface area contributed by atoms with Gasteiger partial charge in [-0.3, -0.25) is 9.69 Å². The Labute approximate surface area is 131 Å². The zero-order valence-electron chi connectivity index (χ0n) is 12.9. The Balaban J connectivity index is 1.98. The third kappa shape index (κ3) is 4.11. The molecule has 0 aliphatic carbocycles. The molecule has 116 valence electrons. The fourth-order valence-corrected chi connectivity index (χ4v) is 2.99. The molecule has 5 heteroatoms. The normalized spacial score (nSPS) is 20.9. The maximum Gasteiger partial charge on any atom is 0.241 e. The lowest BCUT2D eigenvalue weighted by molar-refractivity contribution is -0.121. The van der Waals surface area contributed by atoms with E-state index < -0.39 is 0 Å². The standard InChI is InChI=1S/C16H23ClN2O2/c1-11-5-4-8-19(10-11)12(2)16(20)18-13-6-7-15(21-3)14(17)9-13/h6-7,9,11-12H,4-5,8,10H2,1-3H3,(H,18,20). The lowest BCUT2D eigenvalue weighted by Crippen LogP contribution is -2.46. The van der Waals surface area contributed by atoms with E-state index in [1.165, 1.54) is 6.42 Å². The number of methoxy groups -OCH3 is 1. The second-order valence-corrected chi connectivity index (χ2v) is 6.16. The SMILES string of the molecule is COc1ccc(NC(=O)C(C)N2CCCC(C)C2)cc1Cl. The quantitative estimate of drug-likeness (QED) is 0.926. The fraction of sp³-hybridized carbons (Fsp3) is 0.562. The zero-order chi connectivity index (χ0) is 15.4. The van der Waals surface area contributed by atoms with Crippen molar-refractivity contribution in [2.24, 2.45) is 5.92 Å². The van der Waals surface area contributed by atoms with Crippen LogP contribution in [0.15, 0.2) is 18.2 Å². The maximum absolute atomic E-state index is 12.4. The largest absolute Gasteiger partial charge is 0.495 e. The lowest BCUT2D eigenvalue weighted by Gasteiger charge is -2.34. The van der Waals surface area contributed by atoms with Crippen LogP contribution in [0.3, 0.4) is 0 Å². The zero-order valence-corrected chi connectivity index (χ0v) is 13.6. The van der Waals surface area contributed by atoms with Gasteiger partial charge in [-0.1, -0.05) is 18.5 Å². The third-order valence-corrected chi connectivity index (χ3v) is 4.33. The minimum atomic E-state index is -0.131. The molecule has 0 spiro atoms. The van der Waals surface area contributed by atoms with Crippen molar-refractivity contribution >= 4 is 23.2 Å². The molecule has 2 unspecified atom stereocenters. The van der Waals surface area contributed by atoms with E-state index in [9.17, 15) is 4.79 Å². The summed E-state index contributed by atoms with van der Waals surface area (Å²) in [7, 11) is 1.57. The highest BCUT2D eigenvalue weighted by molar-refractivity contribution is 6.32. The molecular weight excluding hydrogens is 288 g/mol. The average molecular weight is 311 g/mol. The predicted octanol–water partition coefficient (Wildman–Crippen LogP) is 3.41. The number of hydrogen-bond donors (Lipinski definition) is 1. The Bertz CT molecular complexity index is 507. The molecule has 1 aliphatic rings. The molecule has 1 aromatic rings. The van der Waals surface area contributed by atoms with E-state index in [1.54, 1.807) is 25.3 Å². The van der Waals surface area contributed by atoms with Gasteiger partial charge in [0.2, 0.25) is 5.91 Å². The number of anilines is 1. The summed E-state index contributed by atoms with van der Waals surface area (Å²) >= 11 is 6.07. The first-order valence-electron chi connectivity index (χ1n) is 7.39. The van der Waals surface area contributed by atoms with Gasteiger partial charge in [0.1, 0.15) is 5.75 Å².